The fourth-order valence-corrected chi connectivity index (χ4v) is 2.60. The standard InChI is InChI=1S/C16H19N5O/c1-12-4-6-19-15(14(12)17)20-7-9-21(10-8-20)16(22)13-3-2-5-18-11-13/h2-6,11H,7-10,17H2,1H3. The van der Waals surface area contributed by atoms with Crippen molar-refractivity contribution in [1.82, 2.24) is 14.9 Å². The zero-order valence-electron chi connectivity index (χ0n) is 12.6. The molecule has 2 aromatic heterocycles. The van der Waals surface area contributed by atoms with Crippen LogP contribution in [-0.4, -0.2) is 47.0 Å². The average Bonchev–Trinajstić information content (AvgIpc) is 2.58. The molecule has 3 heterocycles. The lowest BCUT2D eigenvalue weighted by Crippen LogP contribution is -2.49. The van der Waals surface area contributed by atoms with Gasteiger partial charge in [-0.15, -0.1) is 0 Å². The molecule has 1 fully saturated rings. The Kier molecular flexibility index (Phi) is 3.91. The number of carbonyl (C=O) groups is 1. The van der Waals surface area contributed by atoms with Gasteiger partial charge in [-0.3, -0.25) is 9.78 Å². The molecule has 0 radical (unpaired) electrons. The molecule has 114 valence electrons. The first-order valence-electron chi connectivity index (χ1n) is 7.32. The number of hydrogen-bond acceptors (Lipinski definition) is 5. The van der Waals surface area contributed by atoms with Crippen molar-refractivity contribution >= 4 is 17.4 Å². The van der Waals surface area contributed by atoms with Gasteiger partial charge in [0.1, 0.15) is 0 Å². The maximum Gasteiger partial charge on any atom is 0.255 e. The number of aryl methyl sites for hydroxylation is 1. The van der Waals surface area contributed by atoms with Crippen LogP contribution >= 0.6 is 0 Å². The van der Waals surface area contributed by atoms with E-state index in [1.165, 1.54) is 0 Å². The van der Waals surface area contributed by atoms with Crippen LogP contribution in [0.2, 0.25) is 0 Å². The largest absolute Gasteiger partial charge is 0.396 e. The van der Waals surface area contributed by atoms with Gasteiger partial charge in [-0.05, 0) is 30.7 Å². The molecule has 1 saturated heterocycles. The van der Waals surface area contributed by atoms with Crippen LogP contribution in [0.3, 0.4) is 0 Å². The Morgan fingerprint density at radius 3 is 2.64 bits per heavy atom. The zero-order valence-corrected chi connectivity index (χ0v) is 12.6. The van der Waals surface area contributed by atoms with Crippen molar-refractivity contribution in [2.75, 3.05) is 36.8 Å². The number of aromatic nitrogens is 2. The molecule has 2 aromatic rings. The Balaban J connectivity index is 1.68. The van der Waals surface area contributed by atoms with Crippen molar-refractivity contribution in [3.8, 4) is 0 Å². The summed E-state index contributed by atoms with van der Waals surface area (Å²) in [7, 11) is 0. The molecular formula is C16H19N5O. The van der Waals surface area contributed by atoms with Crippen LogP contribution < -0.4 is 10.6 Å². The summed E-state index contributed by atoms with van der Waals surface area (Å²) in [4.78, 5) is 24.8. The van der Waals surface area contributed by atoms with Crippen LogP contribution in [0.5, 0.6) is 0 Å². The van der Waals surface area contributed by atoms with E-state index in [-0.39, 0.29) is 5.91 Å². The van der Waals surface area contributed by atoms with Crippen LogP contribution in [-0.2, 0) is 0 Å². The second kappa shape index (κ2) is 6.01. The number of anilines is 2. The number of nitrogens with two attached hydrogens (primary N) is 1. The number of pyridine rings is 2. The van der Waals surface area contributed by atoms with Gasteiger partial charge in [0, 0.05) is 44.8 Å². The van der Waals surface area contributed by atoms with Gasteiger partial charge < -0.3 is 15.5 Å². The predicted molar refractivity (Wildman–Crippen MR) is 85.7 cm³/mol. The minimum atomic E-state index is 0.0259. The van der Waals surface area contributed by atoms with Crippen molar-refractivity contribution < 1.29 is 4.79 Å². The second-order valence-electron chi connectivity index (χ2n) is 5.39. The lowest BCUT2D eigenvalue weighted by molar-refractivity contribution is 0.0746. The zero-order chi connectivity index (χ0) is 15.5. The Labute approximate surface area is 129 Å². The number of nitrogen functional groups attached to an aromatic ring is 1. The molecule has 1 amide bonds. The highest BCUT2D eigenvalue weighted by molar-refractivity contribution is 5.94. The minimum absolute atomic E-state index is 0.0259. The number of rotatable bonds is 2. The molecule has 1 aliphatic heterocycles. The highest BCUT2D eigenvalue weighted by atomic mass is 16.2. The lowest BCUT2D eigenvalue weighted by Gasteiger charge is -2.36. The molecule has 22 heavy (non-hydrogen) atoms. The van der Waals surface area contributed by atoms with E-state index in [0.717, 1.165) is 30.2 Å². The van der Waals surface area contributed by atoms with Gasteiger partial charge in [0.05, 0.1) is 11.3 Å². The second-order valence-corrected chi connectivity index (χ2v) is 5.39. The third-order valence-corrected chi connectivity index (χ3v) is 3.96. The van der Waals surface area contributed by atoms with Crippen molar-refractivity contribution in [1.29, 1.82) is 0 Å². The Hall–Kier alpha value is -2.63. The summed E-state index contributed by atoms with van der Waals surface area (Å²) < 4.78 is 0. The Morgan fingerprint density at radius 1 is 1.18 bits per heavy atom. The van der Waals surface area contributed by atoms with E-state index in [1.54, 1.807) is 30.7 Å². The first-order chi connectivity index (χ1) is 10.7. The SMILES string of the molecule is Cc1ccnc(N2CCN(C(=O)c3cccnc3)CC2)c1N. The molecule has 1 aliphatic rings. The maximum absolute atomic E-state index is 12.4. The third kappa shape index (κ3) is 2.72. The smallest absolute Gasteiger partial charge is 0.255 e. The summed E-state index contributed by atoms with van der Waals surface area (Å²) in [5.41, 5.74) is 8.48. The van der Waals surface area contributed by atoms with E-state index in [4.69, 9.17) is 5.73 Å². The lowest BCUT2D eigenvalue weighted by atomic mass is 10.2. The van der Waals surface area contributed by atoms with E-state index < -0.39 is 0 Å². The summed E-state index contributed by atoms with van der Waals surface area (Å²) in [5, 5.41) is 0. The summed E-state index contributed by atoms with van der Waals surface area (Å²) in [6.07, 6.45) is 5.05. The van der Waals surface area contributed by atoms with Crippen LogP contribution in [0, 0.1) is 6.92 Å². The fourth-order valence-electron chi connectivity index (χ4n) is 2.60. The highest BCUT2D eigenvalue weighted by Crippen LogP contribution is 2.24. The van der Waals surface area contributed by atoms with Gasteiger partial charge in [0.25, 0.3) is 5.91 Å². The van der Waals surface area contributed by atoms with Crippen LogP contribution in [0.4, 0.5) is 11.5 Å². The molecule has 2 N–H and O–H groups in total. The van der Waals surface area contributed by atoms with Crippen LogP contribution in [0.15, 0.2) is 36.8 Å². The monoisotopic (exact) mass is 297 g/mol. The first-order valence-corrected chi connectivity index (χ1v) is 7.32. The number of piperazine rings is 1. The van der Waals surface area contributed by atoms with Gasteiger partial charge in [0.15, 0.2) is 5.82 Å². The van der Waals surface area contributed by atoms with E-state index in [2.05, 4.69) is 14.9 Å². The molecule has 0 bridgehead atoms. The van der Waals surface area contributed by atoms with E-state index >= 15 is 0 Å². The third-order valence-electron chi connectivity index (χ3n) is 3.96. The number of amides is 1. The number of nitrogens with zero attached hydrogens (tertiary/aromatic N) is 4. The first kappa shape index (κ1) is 14.3. The summed E-state index contributed by atoms with van der Waals surface area (Å²) >= 11 is 0. The van der Waals surface area contributed by atoms with Gasteiger partial charge in [-0.1, -0.05) is 0 Å². The quantitative estimate of drug-likeness (QED) is 0.905. The molecule has 0 aromatic carbocycles. The van der Waals surface area contributed by atoms with Crippen LogP contribution in [0.1, 0.15) is 15.9 Å². The summed E-state index contributed by atoms with van der Waals surface area (Å²) in [6.45, 7) is 4.74. The van der Waals surface area contributed by atoms with Gasteiger partial charge >= 0.3 is 0 Å². The molecule has 0 aliphatic carbocycles. The molecule has 0 saturated carbocycles. The minimum Gasteiger partial charge on any atom is -0.396 e. The topological polar surface area (TPSA) is 75.4 Å². The molecule has 0 atom stereocenters. The van der Waals surface area contributed by atoms with Gasteiger partial charge in [-0.2, -0.15) is 0 Å². The molecule has 0 unspecified atom stereocenters. The normalized spacial score (nSPS) is 15.0. The van der Waals surface area contributed by atoms with E-state index in [1.807, 2.05) is 17.9 Å². The summed E-state index contributed by atoms with van der Waals surface area (Å²) in [6, 6.07) is 5.48. The van der Waals surface area contributed by atoms with Crippen molar-refractivity contribution in [3.63, 3.8) is 0 Å². The van der Waals surface area contributed by atoms with E-state index in [9.17, 15) is 4.79 Å². The van der Waals surface area contributed by atoms with Crippen molar-refractivity contribution in [2.24, 2.45) is 0 Å². The van der Waals surface area contributed by atoms with E-state index in [0.29, 0.717) is 18.7 Å². The fraction of sp³-hybridized carbons (Fsp3) is 0.312. The molecule has 6 heteroatoms. The highest BCUT2D eigenvalue weighted by Gasteiger charge is 2.24. The Morgan fingerprint density at radius 2 is 1.95 bits per heavy atom. The van der Waals surface area contributed by atoms with Crippen molar-refractivity contribution in [3.05, 3.63) is 47.9 Å². The molecule has 6 nitrogen and oxygen atoms in total. The molecule has 0 spiro atoms. The predicted octanol–water partition coefficient (Wildman–Crippen LogP) is 1.33. The van der Waals surface area contributed by atoms with Gasteiger partial charge in [-0.25, -0.2) is 4.98 Å². The van der Waals surface area contributed by atoms with Crippen LogP contribution in [0.25, 0.3) is 0 Å². The maximum atomic E-state index is 12.4. The van der Waals surface area contributed by atoms with Gasteiger partial charge in [0.2, 0.25) is 0 Å². The summed E-state index contributed by atoms with van der Waals surface area (Å²) in [5.74, 6) is 0.839. The molecular weight excluding hydrogens is 278 g/mol. The number of hydrogen-bond donors (Lipinski definition) is 1. The van der Waals surface area contributed by atoms with Crippen molar-refractivity contribution in [2.45, 2.75) is 6.92 Å². The number of carbonyl (C=O) groups excluding carboxylic acids is 1. The Bertz CT molecular complexity index is 665. The molecule has 3 rings (SSSR count). The average molecular weight is 297 g/mol.